The lowest BCUT2D eigenvalue weighted by molar-refractivity contribution is -0.119. The van der Waals surface area contributed by atoms with Crippen LogP contribution in [0.3, 0.4) is 0 Å². The van der Waals surface area contributed by atoms with Crippen LogP contribution in [0.15, 0.2) is 24.3 Å². The zero-order valence-corrected chi connectivity index (χ0v) is 10.5. The number of amides is 1. The largest absolute Gasteiger partial charge is 0.378 e. The topological polar surface area (TPSA) is 64.3 Å². The molecule has 0 saturated carbocycles. The Labute approximate surface area is 108 Å². The summed E-state index contributed by atoms with van der Waals surface area (Å²) in [4.78, 5) is 11.9. The van der Waals surface area contributed by atoms with Gasteiger partial charge in [0.1, 0.15) is 0 Å². The Morgan fingerprint density at radius 1 is 1.44 bits per heavy atom. The van der Waals surface area contributed by atoms with Crippen LogP contribution < -0.4 is 11.1 Å². The third-order valence-corrected chi connectivity index (χ3v) is 3.13. The van der Waals surface area contributed by atoms with Crippen LogP contribution >= 0.6 is 0 Å². The standard InChI is InChI=1S/C14H20N2O2/c15-10-11-4-3-5-12(8-11)16-14(17)9-13-6-1-2-7-18-13/h3-5,8,13H,1-2,6-7,9-10,15H2,(H,16,17). The first-order chi connectivity index (χ1) is 8.78. The number of benzene rings is 1. The highest BCUT2D eigenvalue weighted by molar-refractivity contribution is 5.91. The van der Waals surface area contributed by atoms with Crippen molar-refractivity contribution in [3.8, 4) is 0 Å². The first-order valence-electron chi connectivity index (χ1n) is 6.48. The number of hydrogen-bond acceptors (Lipinski definition) is 3. The minimum Gasteiger partial charge on any atom is -0.378 e. The molecule has 1 aromatic rings. The molecule has 0 aliphatic carbocycles. The zero-order chi connectivity index (χ0) is 12.8. The van der Waals surface area contributed by atoms with Gasteiger partial charge >= 0.3 is 0 Å². The van der Waals surface area contributed by atoms with Gasteiger partial charge in [0.2, 0.25) is 5.91 Å². The number of carbonyl (C=O) groups is 1. The number of hydrogen-bond donors (Lipinski definition) is 2. The van der Waals surface area contributed by atoms with Crippen molar-refractivity contribution in [3.05, 3.63) is 29.8 Å². The molecule has 1 aliphatic rings. The fourth-order valence-electron chi connectivity index (χ4n) is 2.16. The summed E-state index contributed by atoms with van der Waals surface area (Å²) in [6, 6.07) is 7.62. The van der Waals surface area contributed by atoms with Crippen molar-refractivity contribution in [2.75, 3.05) is 11.9 Å². The van der Waals surface area contributed by atoms with E-state index in [1.807, 2.05) is 24.3 Å². The lowest BCUT2D eigenvalue weighted by atomic mass is 10.1. The van der Waals surface area contributed by atoms with Crippen LogP contribution in [-0.4, -0.2) is 18.6 Å². The number of rotatable bonds is 4. The molecule has 1 aliphatic heterocycles. The summed E-state index contributed by atoms with van der Waals surface area (Å²) in [5, 5.41) is 2.89. The van der Waals surface area contributed by atoms with Crippen LogP contribution in [0.25, 0.3) is 0 Å². The summed E-state index contributed by atoms with van der Waals surface area (Å²) in [5.74, 6) is 0.0103. The Morgan fingerprint density at radius 3 is 3.06 bits per heavy atom. The van der Waals surface area contributed by atoms with Gasteiger partial charge in [-0.3, -0.25) is 4.79 Å². The summed E-state index contributed by atoms with van der Waals surface area (Å²) in [6.07, 6.45) is 3.76. The van der Waals surface area contributed by atoms with E-state index in [9.17, 15) is 4.79 Å². The molecule has 98 valence electrons. The highest BCUT2D eigenvalue weighted by atomic mass is 16.5. The Kier molecular flexibility index (Phi) is 4.73. The second-order valence-electron chi connectivity index (χ2n) is 4.65. The van der Waals surface area contributed by atoms with Gasteiger partial charge in [0.15, 0.2) is 0 Å². The van der Waals surface area contributed by atoms with Crippen LogP contribution in [0.2, 0.25) is 0 Å². The van der Waals surface area contributed by atoms with Gasteiger partial charge in [0, 0.05) is 18.8 Å². The Balaban J connectivity index is 1.85. The number of nitrogens with one attached hydrogen (secondary N) is 1. The van der Waals surface area contributed by atoms with E-state index in [1.54, 1.807) is 0 Å². The Morgan fingerprint density at radius 2 is 2.33 bits per heavy atom. The fraction of sp³-hybridized carbons (Fsp3) is 0.500. The van der Waals surface area contributed by atoms with Gasteiger partial charge < -0.3 is 15.8 Å². The van der Waals surface area contributed by atoms with Crippen LogP contribution in [0.1, 0.15) is 31.2 Å². The number of ether oxygens (including phenoxy) is 1. The lowest BCUT2D eigenvalue weighted by Gasteiger charge is -2.21. The maximum absolute atomic E-state index is 11.9. The van der Waals surface area contributed by atoms with Gasteiger partial charge in [0.05, 0.1) is 12.5 Å². The highest BCUT2D eigenvalue weighted by Crippen LogP contribution is 2.17. The minimum atomic E-state index is 0.0103. The molecule has 2 rings (SSSR count). The van der Waals surface area contributed by atoms with Gasteiger partial charge in [-0.25, -0.2) is 0 Å². The second kappa shape index (κ2) is 6.52. The monoisotopic (exact) mass is 248 g/mol. The van der Waals surface area contributed by atoms with Gasteiger partial charge in [-0.15, -0.1) is 0 Å². The Hall–Kier alpha value is -1.39. The summed E-state index contributed by atoms with van der Waals surface area (Å²) < 4.78 is 5.55. The van der Waals surface area contributed by atoms with Crippen molar-refractivity contribution < 1.29 is 9.53 Å². The van der Waals surface area contributed by atoms with Gasteiger partial charge in [0.25, 0.3) is 0 Å². The quantitative estimate of drug-likeness (QED) is 0.857. The maximum Gasteiger partial charge on any atom is 0.226 e. The molecule has 18 heavy (non-hydrogen) atoms. The van der Waals surface area contributed by atoms with Crippen LogP contribution in [0, 0.1) is 0 Å². The smallest absolute Gasteiger partial charge is 0.226 e. The van der Waals surface area contributed by atoms with E-state index in [1.165, 1.54) is 0 Å². The molecule has 1 amide bonds. The molecule has 1 aromatic carbocycles. The molecular weight excluding hydrogens is 228 g/mol. The van der Waals surface area contributed by atoms with E-state index in [0.717, 1.165) is 37.1 Å². The van der Waals surface area contributed by atoms with Crippen molar-refractivity contribution in [1.29, 1.82) is 0 Å². The minimum absolute atomic E-state index is 0.0103. The lowest BCUT2D eigenvalue weighted by Crippen LogP contribution is -2.25. The van der Waals surface area contributed by atoms with E-state index in [2.05, 4.69) is 5.32 Å². The van der Waals surface area contributed by atoms with E-state index in [4.69, 9.17) is 10.5 Å². The molecular formula is C14H20N2O2. The van der Waals surface area contributed by atoms with E-state index < -0.39 is 0 Å². The molecule has 0 bridgehead atoms. The molecule has 1 unspecified atom stereocenters. The molecule has 1 heterocycles. The fourth-order valence-corrected chi connectivity index (χ4v) is 2.16. The molecule has 4 heteroatoms. The molecule has 0 aromatic heterocycles. The summed E-state index contributed by atoms with van der Waals surface area (Å²) >= 11 is 0. The predicted molar refractivity (Wildman–Crippen MR) is 71.2 cm³/mol. The molecule has 1 fully saturated rings. The predicted octanol–water partition coefficient (Wildman–Crippen LogP) is 2.04. The summed E-state index contributed by atoms with van der Waals surface area (Å²) in [6.45, 7) is 1.26. The third-order valence-electron chi connectivity index (χ3n) is 3.13. The average Bonchev–Trinajstić information content (AvgIpc) is 2.40. The molecule has 3 N–H and O–H groups in total. The van der Waals surface area contributed by atoms with Crippen LogP contribution in [0.4, 0.5) is 5.69 Å². The van der Waals surface area contributed by atoms with E-state index >= 15 is 0 Å². The van der Waals surface area contributed by atoms with Crippen molar-refractivity contribution in [3.63, 3.8) is 0 Å². The molecule has 1 atom stereocenters. The number of carbonyl (C=O) groups excluding carboxylic acids is 1. The number of anilines is 1. The number of nitrogens with two attached hydrogens (primary N) is 1. The zero-order valence-electron chi connectivity index (χ0n) is 10.5. The molecule has 0 spiro atoms. The van der Waals surface area contributed by atoms with Gasteiger partial charge in [-0.05, 0) is 37.0 Å². The van der Waals surface area contributed by atoms with Crippen LogP contribution in [0.5, 0.6) is 0 Å². The third kappa shape index (κ3) is 3.82. The first-order valence-corrected chi connectivity index (χ1v) is 6.48. The highest BCUT2D eigenvalue weighted by Gasteiger charge is 2.17. The molecule has 0 radical (unpaired) electrons. The van der Waals surface area contributed by atoms with Crippen molar-refractivity contribution in [2.24, 2.45) is 5.73 Å². The maximum atomic E-state index is 11.9. The van der Waals surface area contributed by atoms with E-state index in [0.29, 0.717) is 13.0 Å². The van der Waals surface area contributed by atoms with Crippen molar-refractivity contribution in [1.82, 2.24) is 0 Å². The summed E-state index contributed by atoms with van der Waals surface area (Å²) in [7, 11) is 0. The average molecular weight is 248 g/mol. The summed E-state index contributed by atoms with van der Waals surface area (Å²) in [5.41, 5.74) is 7.39. The molecule has 1 saturated heterocycles. The van der Waals surface area contributed by atoms with E-state index in [-0.39, 0.29) is 12.0 Å². The van der Waals surface area contributed by atoms with Gasteiger partial charge in [-0.1, -0.05) is 12.1 Å². The van der Waals surface area contributed by atoms with Crippen LogP contribution in [-0.2, 0) is 16.1 Å². The normalized spacial score (nSPS) is 19.5. The second-order valence-corrected chi connectivity index (χ2v) is 4.65. The van der Waals surface area contributed by atoms with Crippen molar-refractivity contribution in [2.45, 2.75) is 38.3 Å². The Bertz CT molecular complexity index is 401. The molecule has 4 nitrogen and oxygen atoms in total. The van der Waals surface area contributed by atoms with Crippen molar-refractivity contribution >= 4 is 11.6 Å². The van der Waals surface area contributed by atoms with Gasteiger partial charge in [-0.2, -0.15) is 0 Å². The SMILES string of the molecule is NCc1cccc(NC(=O)CC2CCCCO2)c1. The first kappa shape index (κ1) is 13.1.